The van der Waals surface area contributed by atoms with Crippen molar-refractivity contribution in [3.05, 3.63) is 46.7 Å². The van der Waals surface area contributed by atoms with E-state index < -0.39 is 0 Å². The maximum absolute atomic E-state index is 8.66. The number of aromatic nitrogens is 2. The van der Waals surface area contributed by atoms with E-state index in [9.17, 15) is 0 Å². The lowest BCUT2D eigenvalue weighted by Crippen LogP contribution is -1.99. The lowest BCUT2D eigenvalue weighted by atomic mass is 10.2. The molecule has 0 fully saturated rings. The molecule has 0 saturated heterocycles. The molecule has 2 aromatic rings. The number of rotatable bonds is 2. The average molecular weight is 232 g/mol. The molecule has 0 amide bonds. The molecule has 0 spiro atoms. The van der Waals surface area contributed by atoms with Gasteiger partial charge in [0, 0.05) is 16.3 Å². The molecule has 4 heteroatoms. The van der Waals surface area contributed by atoms with Crippen molar-refractivity contribution >= 4 is 11.6 Å². The molecule has 0 radical (unpaired) electrons. The maximum Gasteiger partial charge on any atom is 0.0671 e. The predicted octanol–water partition coefficient (Wildman–Crippen LogP) is 2.90. The van der Waals surface area contributed by atoms with Gasteiger partial charge in [0.2, 0.25) is 0 Å². The van der Waals surface area contributed by atoms with Gasteiger partial charge in [0.15, 0.2) is 0 Å². The van der Waals surface area contributed by atoms with Crippen LogP contribution in [0.5, 0.6) is 0 Å². The summed E-state index contributed by atoms with van der Waals surface area (Å²) in [6, 6.07) is 9.60. The van der Waals surface area contributed by atoms with Gasteiger partial charge in [0.25, 0.3) is 0 Å². The molecule has 0 bridgehead atoms. The molecule has 0 atom stereocenters. The van der Waals surface area contributed by atoms with Gasteiger partial charge in [-0.1, -0.05) is 17.7 Å². The van der Waals surface area contributed by atoms with Gasteiger partial charge >= 0.3 is 0 Å². The van der Waals surface area contributed by atoms with E-state index in [4.69, 9.17) is 16.9 Å². The summed E-state index contributed by atoms with van der Waals surface area (Å²) in [4.78, 5) is 0. The smallest absolute Gasteiger partial charge is 0.0671 e. The Morgan fingerprint density at radius 1 is 1.50 bits per heavy atom. The van der Waals surface area contributed by atoms with Gasteiger partial charge in [-0.3, -0.25) is 0 Å². The van der Waals surface area contributed by atoms with E-state index in [0.29, 0.717) is 11.4 Å². The molecule has 0 aliphatic carbocycles. The fourth-order valence-corrected chi connectivity index (χ4v) is 1.75. The first-order chi connectivity index (χ1) is 7.72. The Morgan fingerprint density at radius 3 is 3.00 bits per heavy atom. The number of hydrogen-bond acceptors (Lipinski definition) is 2. The van der Waals surface area contributed by atoms with Crippen LogP contribution >= 0.6 is 11.6 Å². The molecule has 3 nitrogen and oxygen atoms in total. The van der Waals surface area contributed by atoms with Gasteiger partial charge in [-0.15, -0.1) is 0 Å². The monoisotopic (exact) mass is 231 g/mol. The molecule has 0 aliphatic heterocycles. The van der Waals surface area contributed by atoms with E-state index in [0.717, 1.165) is 16.9 Å². The van der Waals surface area contributed by atoms with E-state index >= 15 is 0 Å². The zero-order chi connectivity index (χ0) is 11.5. The molecule has 1 aromatic carbocycles. The summed E-state index contributed by atoms with van der Waals surface area (Å²) in [5, 5.41) is 13.6. The van der Waals surface area contributed by atoms with Gasteiger partial charge < -0.3 is 0 Å². The second-order valence-electron chi connectivity index (χ2n) is 3.48. The first kappa shape index (κ1) is 10.7. The molecule has 0 unspecified atom stereocenters. The van der Waals surface area contributed by atoms with Crippen molar-refractivity contribution in [1.82, 2.24) is 9.78 Å². The third kappa shape index (κ3) is 1.93. The van der Waals surface area contributed by atoms with Crippen molar-refractivity contribution in [2.75, 3.05) is 0 Å². The van der Waals surface area contributed by atoms with Crippen LogP contribution in [0, 0.1) is 18.3 Å². The van der Waals surface area contributed by atoms with Crippen LogP contribution in [-0.2, 0) is 6.42 Å². The Kier molecular flexibility index (Phi) is 2.93. The molecular formula is C12H10ClN3. The lowest BCUT2D eigenvalue weighted by Gasteiger charge is -2.04. The third-order valence-electron chi connectivity index (χ3n) is 2.43. The fraction of sp³-hybridized carbons (Fsp3) is 0.167. The van der Waals surface area contributed by atoms with Gasteiger partial charge in [-0.25, -0.2) is 4.68 Å². The Bertz CT molecular complexity index is 552. The number of hydrogen-bond donors (Lipinski definition) is 0. The second kappa shape index (κ2) is 4.38. The molecule has 0 saturated carbocycles. The van der Waals surface area contributed by atoms with Crippen LogP contribution in [0.4, 0.5) is 0 Å². The van der Waals surface area contributed by atoms with Gasteiger partial charge in [-0.05, 0) is 25.1 Å². The van der Waals surface area contributed by atoms with E-state index in [1.165, 1.54) is 0 Å². The highest BCUT2D eigenvalue weighted by atomic mass is 35.5. The summed E-state index contributed by atoms with van der Waals surface area (Å²) in [7, 11) is 0. The zero-order valence-electron chi connectivity index (χ0n) is 8.81. The summed E-state index contributed by atoms with van der Waals surface area (Å²) in [6.07, 6.45) is 2.10. The number of nitriles is 1. The highest BCUT2D eigenvalue weighted by molar-refractivity contribution is 6.30. The third-order valence-corrected chi connectivity index (χ3v) is 2.67. The lowest BCUT2D eigenvalue weighted by molar-refractivity contribution is 0.845. The maximum atomic E-state index is 8.66. The van der Waals surface area contributed by atoms with Crippen LogP contribution in [0.3, 0.4) is 0 Å². The topological polar surface area (TPSA) is 41.6 Å². The quantitative estimate of drug-likeness (QED) is 0.798. The molecular weight excluding hydrogens is 222 g/mol. The molecule has 0 aliphatic rings. The zero-order valence-corrected chi connectivity index (χ0v) is 9.57. The summed E-state index contributed by atoms with van der Waals surface area (Å²) < 4.78 is 1.79. The summed E-state index contributed by atoms with van der Waals surface area (Å²) in [5.74, 6) is 0. The van der Waals surface area contributed by atoms with Gasteiger partial charge in [-0.2, -0.15) is 10.4 Å². The van der Waals surface area contributed by atoms with Crippen LogP contribution in [-0.4, -0.2) is 9.78 Å². The van der Waals surface area contributed by atoms with Gasteiger partial charge in [0.1, 0.15) is 0 Å². The minimum absolute atomic E-state index is 0.381. The number of halogens is 1. The Labute approximate surface area is 98.9 Å². The Hall–Kier alpha value is -1.79. The summed E-state index contributed by atoms with van der Waals surface area (Å²) in [5.41, 5.74) is 2.83. The van der Waals surface area contributed by atoms with Crippen molar-refractivity contribution in [3.8, 4) is 11.8 Å². The SMILES string of the molecule is Cc1c(CC#N)cnn1-c1cccc(Cl)c1. The van der Waals surface area contributed by atoms with E-state index in [-0.39, 0.29) is 0 Å². The van der Waals surface area contributed by atoms with Crippen molar-refractivity contribution in [2.45, 2.75) is 13.3 Å². The fourth-order valence-electron chi connectivity index (χ4n) is 1.57. The standard InChI is InChI=1S/C12H10ClN3/c1-9-10(5-6-14)8-15-16(9)12-4-2-3-11(13)7-12/h2-4,7-8H,5H2,1H3. The minimum atomic E-state index is 0.381. The number of nitrogens with zero attached hydrogens (tertiary/aromatic N) is 3. The van der Waals surface area contributed by atoms with Crippen molar-refractivity contribution in [2.24, 2.45) is 0 Å². The van der Waals surface area contributed by atoms with Crippen LogP contribution in [0.15, 0.2) is 30.5 Å². The molecule has 16 heavy (non-hydrogen) atoms. The first-order valence-electron chi connectivity index (χ1n) is 4.89. The van der Waals surface area contributed by atoms with E-state index in [1.54, 1.807) is 10.9 Å². The van der Waals surface area contributed by atoms with Crippen molar-refractivity contribution < 1.29 is 0 Å². The molecule has 1 heterocycles. The normalized spacial score (nSPS) is 10.1. The largest absolute Gasteiger partial charge is 0.238 e. The molecule has 80 valence electrons. The Morgan fingerprint density at radius 2 is 2.31 bits per heavy atom. The second-order valence-corrected chi connectivity index (χ2v) is 3.92. The van der Waals surface area contributed by atoms with Gasteiger partial charge in [0.05, 0.1) is 24.4 Å². The van der Waals surface area contributed by atoms with E-state index in [2.05, 4.69) is 11.2 Å². The summed E-state index contributed by atoms with van der Waals surface area (Å²) >= 11 is 5.92. The molecule has 0 N–H and O–H groups in total. The molecule has 2 rings (SSSR count). The average Bonchev–Trinajstić information content (AvgIpc) is 2.61. The number of benzene rings is 1. The molecule has 1 aromatic heterocycles. The minimum Gasteiger partial charge on any atom is -0.238 e. The van der Waals surface area contributed by atoms with Crippen LogP contribution < -0.4 is 0 Å². The first-order valence-corrected chi connectivity index (χ1v) is 5.26. The highest BCUT2D eigenvalue weighted by Crippen LogP contribution is 2.17. The highest BCUT2D eigenvalue weighted by Gasteiger charge is 2.07. The van der Waals surface area contributed by atoms with Crippen molar-refractivity contribution in [3.63, 3.8) is 0 Å². The van der Waals surface area contributed by atoms with Crippen LogP contribution in [0.1, 0.15) is 11.3 Å². The van der Waals surface area contributed by atoms with Crippen molar-refractivity contribution in [1.29, 1.82) is 5.26 Å². The summed E-state index contributed by atoms with van der Waals surface area (Å²) in [6.45, 7) is 1.95. The van der Waals surface area contributed by atoms with Crippen LogP contribution in [0.2, 0.25) is 5.02 Å². The Balaban J connectivity index is 2.46. The predicted molar refractivity (Wildman–Crippen MR) is 62.6 cm³/mol. The van der Waals surface area contributed by atoms with E-state index in [1.807, 2.05) is 31.2 Å². The van der Waals surface area contributed by atoms with Crippen LogP contribution in [0.25, 0.3) is 5.69 Å².